The molecule has 0 atom stereocenters. The lowest BCUT2D eigenvalue weighted by Crippen LogP contribution is -2.21. The van der Waals surface area contributed by atoms with E-state index in [4.69, 9.17) is 0 Å². The Hall–Kier alpha value is -1.39. The summed E-state index contributed by atoms with van der Waals surface area (Å²) < 4.78 is 27.0. The molecule has 0 fully saturated rings. The molecule has 0 saturated heterocycles. The number of rotatable bonds is 6. The zero-order valence-electron chi connectivity index (χ0n) is 10.6. The van der Waals surface area contributed by atoms with Crippen LogP contribution in [0.15, 0.2) is 6.07 Å². The summed E-state index contributed by atoms with van der Waals surface area (Å²) in [7, 11) is 1.75. The molecule has 1 rings (SSSR count). The van der Waals surface area contributed by atoms with Gasteiger partial charge in [0.1, 0.15) is 0 Å². The molecule has 3 nitrogen and oxygen atoms in total. The maximum Gasteiger partial charge on any atom is 0.168 e. The van der Waals surface area contributed by atoms with Gasteiger partial charge in [-0.25, -0.2) is 13.8 Å². The van der Waals surface area contributed by atoms with Crippen molar-refractivity contribution in [2.24, 2.45) is 0 Å². The fraction of sp³-hybridized carbons (Fsp3) is 0.583. The van der Waals surface area contributed by atoms with Crippen LogP contribution in [0.1, 0.15) is 26.7 Å². The van der Waals surface area contributed by atoms with Crippen molar-refractivity contribution in [3.63, 3.8) is 0 Å². The van der Waals surface area contributed by atoms with Crippen molar-refractivity contribution in [1.82, 2.24) is 4.98 Å². The van der Waals surface area contributed by atoms with Gasteiger partial charge in [0.15, 0.2) is 23.3 Å². The van der Waals surface area contributed by atoms with E-state index in [9.17, 15) is 8.78 Å². The third-order valence-electron chi connectivity index (χ3n) is 2.37. The summed E-state index contributed by atoms with van der Waals surface area (Å²) in [6, 6.07) is 0.881. The van der Waals surface area contributed by atoms with E-state index in [0.29, 0.717) is 13.1 Å². The summed E-state index contributed by atoms with van der Waals surface area (Å²) in [6.45, 7) is 5.27. The molecule has 96 valence electrons. The first-order valence-electron chi connectivity index (χ1n) is 5.91. The van der Waals surface area contributed by atoms with Crippen molar-refractivity contribution in [2.45, 2.75) is 26.7 Å². The van der Waals surface area contributed by atoms with E-state index in [1.54, 1.807) is 11.9 Å². The fourth-order valence-electron chi connectivity index (χ4n) is 1.53. The maximum absolute atomic E-state index is 13.6. The minimum Gasteiger partial charge on any atom is -0.368 e. The summed E-state index contributed by atoms with van der Waals surface area (Å²) in [6.07, 6.45) is 1.74. The second-order valence-corrected chi connectivity index (χ2v) is 3.97. The Morgan fingerprint density at radius 2 is 1.94 bits per heavy atom. The number of hydrogen-bond donors (Lipinski definition) is 1. The molecule has 0 spiro atoms. The standard InChI is InChI=1S/C12H19F2N3/c1-4-6-15-11-9(13)8-10(14)12(16-11)17(3)7-5-2/h8H,4-7H2,1-3H3,(H,15,16). The average Bonchev–Trinajstić information content (AvgIpc) is 2.28. The Morgan fingerprint density at radius 3 is 2.53 bits per heavy atom. The van der Waals surface area contributed by atoms with Crippen LogP contribution in [0.2, 0.25) is 0 Å². The summed E-state index contributed by atoms with van der Waals surface area (Å²) in [4.78, 5) is 5.68. The number of pyridine rings is 1. The van der Waals surface area contributed by atoms with Crippen LogP contribution in [0, 0.1) is 11.6 Å². The highest BCUT2D eigenvalue weighted by molar-refractivity contribution is 5.48. The molecule has 0 bridgehead atoms. The Bertz CT molecular complexity index is 369. The van der Waals surface area contributed by atoms with Crippen LogP contribution in [0.4, 0.5) is 20.4 Å². The number of nitrogens with zero attached hydrogens (tertiary/aromatic N) is 2. The minimum absolute atomic E-state index is 0.117. The molecule has 0 amide bonds. The van der Waals surface area contributed by atoms with E-state index in [-0.39, 0.29) is 11.6 Å². The molecule has 17 heavy (non-hydrogen) atoms. The first-order valence-corrected chi connectivity index (χ1v) is 5.91. The van der Waals surface area contributed by atoms with Crippen molar-refractivity contribution < 1.29 is 8.78 Å². The molecular weight excluding hydrogens is 224 g/mol. The lowest BCUT2D eigenvalue weighted by Gasteiger charge is -2.19. The molecule has 0 aliphatic carbocycles. The van der Waals surface area contributed by atoms with Gasteiger partial charge in [0.25, 0.3) is 0 Å². The molecule has 5 heteroatoms. The van der Waals surface area contributed by atoms with E-state index in [0.717, 1.165) is 18.9 Å². The second kappa shape index (κ2) is 6.37. The van der Waals surface area contributed by atoms with Gasteiger partial charge in [-0.1, -0.05) is 13.8 Å². The molecule has 0 aliphatic rings. The highest BCUT2D eigenvalue weighted by Crippen LogP contribution is 2.21. The summed E-state index contributed by atoms with van der Waals surface area (Å²) in [5, 5.41) is 2.85. The Morgan fingerprint density at radius 1 is 1.24 bits per heavy atom. The smallest absolute Gasteiger partial charge is 0.168 e. The molecule has 0 saturated carbocycles. The summed E-state index contributed by atoms with van der Waals surface area (Å²) in [5.41, 5.74) is 0. The molecule has 1 heterocycles. The van der Waals surface area contributed by atoms with Gasteiger partial charge in [0.05, 0.1) is 0 Å². The number of nitrogens with one attached hydrogen (secondary N) is 1. The fourth-order valence-corrected chi connectivity index (χ4v) is 1.53. The molecule has 1 aromatic rings. The molecule has 1 N–H and O–H groups in total. The maximum atomic E-state index is 13.6. The van der Waals surface area contributed by atoms with Gasteiger partial charge in [0, 0.05) is 26.2 Å². The van der Waals surface area contributed by atoms with Gasteiger partial charge in [-0.15, -0.1) is 0 Å². The van der Waals surface area contributed by atoms with Crippen LogP contribution in [0.3, 0.4) is 0 Å². The van der Waals surface area contributed by atoms with Crippen LogP contribution in [0.5, 0.6) is 0 Å². The van der Waals surface area contributed by atoms with Gasteiger partial charge in [-0.3, -0.25) is 0 Å². The first kappa shape index (κ1) is 13.7. The number of halogens is 2. The monoisotopic (exact) mass is 243 g/mol. The molecule has 1 aromatic heterocycles. The van der Waals surface area contributed by atoms with Crippen LogP contribution in [-0.2, 0) is 0 Å². The van der Waals surface area contributed by atoms with E-state index < -0.39 is 11.6 Å². The first-order chi connectivity index (χ1) is 8.10. The number of hydrogen-bond acceptors (Lipinski definition) is 3. The van der Waals surface area contributed by atoms with E-state index in [1.165, 1.54) is 0 Å². The largest absolute Gasteiger partial charge is 0.368 e. The minimum atomic E-state index is -0.649. The van der Waals surface area contributed by atoms with Gasteiger partial charge < -0.3 is 10.2 Å². The molecular formula is C12H19F2N3. The van der Waals surface area contributed by atoms with Gasteiger partial charge in [-0.2, -0.15) is 0 Å². The Labute approximate surface area is 101 Å². The van der Waals surface area contributed by atoms with E-state index in [1.807, 2.05) is 13.8 Å². The molecule has 0 radical (unpaired) electrons. The molecule has 0 aliphatic heterocycles. The number of anilines is 2. The Kier molecular flexibility index (Phi) is 5.12. The van der Waals surface area contributed by atoms with Crippen molar-refractivity contribution in [3.8, 4) is 0 Å². The lowest BCUT2D eigenvalue weighted by atomic mass is 10.3. The van der Waals surface area contributed by atoms with E-state index in [2.05, 4.69) is 10.3 Å². The highest BCUT2D eigenvalue weighted by Gasteiger charge is 2.14. The zero-order valence-corrected chi connectivity index (χ0v) is 10.6. The number of aromatic nitrogens is 1. The van der Waals surface area contributed by atoms with Crippen LogP contribution < -0.4 is 10.2 Å². The van der Waals surface area contributed by atoms with Crippen LogP contribution in [-0.4, -0.2) is 25.1 Å². The average molecular weight is 243 g/mol. The lowest BCUT2D eigenvalue weighted by molar-refractivity contribution is 0.572. The van der Waals surface area contributed by atoms with Crippen molar-refractivity contribution in [2.75, 3.05) is 30.4 Å². The second-order valence-electron chi connectivity index (χ2n) is 3.97. The Balaban J connectivity index is 2.96. The quantitative estimate of drug-likeness (QED) is 0.832. The van der Waals surface area contributed by atoms with Crippen molar-refractivity contribution in [3.05, 3.63) is 17.7 Å². The SMILES string of the molecule is CCCNc1nc(N(C)CCC)c(F)cc1F. The third kappa shape index (κ3) is 3.54. The van der Waals surface area contributed by atoms with Crippen molar-refractivity contribution in [1.29, 1.82) is 0 Å². The molecule has 0 unspecified atom stereocenters. The summed E-state index contributed by atoms with van der Waals surface area (Å²) in [5.74, 6) is -0.969. The zero-order chi connectivity index (χ0) is 12.8. The van der Waals surface area contributed by atoms with Crippen molar-refractivity contribution >= 4 is 11.6 Å². The summed E-state index contributed by atoms with van der Waals surface area (Å²) >= 11 is 0. The third-order valence-corrected chi connectivity index (χ3v) is 2.37. The van der Waals surface area contributed by atoms with Crippen LogP contribution >= 0.6 is 0 Å². The van der Waals surface area contributed by atoms with Gasteiger partial charge in [0.2, 0.25) is 0 Å². The van der Waals surface area contributed by atoms with Gasteiger partial charge >= 0.3 is 0 Å². The molecule has 0 aromatic carbocycles. The normalized spacial score (nSPS) is 10.4. The predicted molar refractivity (Wildman–Crippen MR) is 66.5 cm³/mol. The van der Waals surface area contributed by atoms with Gasteiger partial charge in [-0.05, 0) is 12.8 Å². The highest BCUT2D eigenvalue weighted by atomic mass is 19.1. The predicted octanol–water partition coefficient (Wildman–Crippen LogP) is 3.03. The van der Waals surface area contributed by atoms with Crippen LogP contribution in [0.25, 0.3) is 0 Å². The topological polar surface area (TPSA) is 28.2 Å². The van der Waals surface area contributed by atoms with E-state index >= 15 is 0 Å².